The Balaban J connectivity index is 2.03. The van der Waals surface area contributed by atoms with Crippen LogP contribution in [0.5, 0.6) is 5.75 Å². The highest BCUT2D eigenvalue weighted by Gasteiger charge is 2.15. The van der Waals surface area contributed by atoms with Crippen LogP contribution in [0.1, 0.15) is 25.0 Å². The van der Waals surface area contributed by atoms with Gasteiger partial charge in [0.1, 0.15) is 11.6 Å². The Morgan fingerprint density at radius 3 is 2.33 bits per heavy atom. The first-order chi connectivity index (χ1) is 13.0. The smallest absolute Gasteiger partial charge is 0.127 e. The van der Waals surface area contributed by atoms with Crippen LogP contribution < -0.4 is 4.74 Å². The van der Waals surface area contributed by atoms with Gasteiger partial charge in [0.05, 0.1) is 19.8 Å². The van der Waals surface area contributed by atoms with Crippen LogP contribution >= 0.6 is 0 Å². The van der Waals surface area contributed by atoms with Crippen molar-refractivity contribution in [1.82, 2.24) is 4.90 Å². The van der Waals surface area contributed by atoms with E-state index in [0.29, 0.717) is 37.7 Å². The molecule has 0 heterocycles. The maximum Gasteiger partial charge on any atom is 0.127 e. The average Bonchev–Trinajstić information content (AvgIpc) is 2.64. The van der Waals surface area contributed by atoms with Crippen molar-refractivity contribution >= 4 is 0 Å². The summed E-state index contributed by atoms with van der Waals surface area (Å²) in [5.41, 5.74) is 1.68. The average molecular weight is 375 g/mol. The Morgan fingerprint density at radius 2 is 1.70 bits per heavy atom. The van der Waals surface area contributed by atoms with Gasteiger partial charge in [0.2, 0.25) is 0 Å². The predicted molar refractivity (Wildman–Crippen MR) is 105 cm³/mol. The van der Waals surface area contributed by atoms with Crippen LogP contribution in [-0.2, 0) is 17.8 Å². The number of halogens is 1. The number of methoxy groups -OCH3 is 1. The summed E-state index contributed by atoms with van der Waals surface area (Å²) in [5.74, 6) is 0.982. The van der Waals surface area contributed by atoms with Crippen LogP contribution in [0.2, 0.25) is 0 Å². The molecule has 2 aromatic carbocycles. The molecule has 2 aromatic rings. The van der Waals surface area contributed by atoms with E-state index in [1.165, 1.54) is 6.07 Å². The lowest BCUT2D eigenvalue weighted by molar-refractivity contribution is 0.00539. The molecule has 0 aliphatic carbocycles. The van der Waals surface area contributed by atoms with Gasteiger partial charge in [0.25, 0.3) is 0 Å². The number of aliphatic hydroxyl groups excluding tert-OH is 1. The number of hydrogen-bond donors (Lipinski definition) is 1. The molecule has 0 fully saturated rings. The highest BCUT2D eigenvalue weighted by atomic mass is 19.1. The second-order valence-electron chi connectivity index (χ2n) is 7.19. The number of benzene rings is 2. The van der Waals surface area contributed by atoms with Crippen molar-refractivity contribution < 1.29 is 19.0 Å². The minimum atomic E-state index is -0.631. The van der Waals surface area contributed by atoms with Crippen LogP contribution in [-0.4, -0.2) is 43.0 Å². The molecule has 0 aliphatic heterocycles. The van der Waals surface area contributed by atoms with E-state index in [9.17, 15) is 9.50 Å². The summed E-state index contributed by atoms with van der Waals surface area (Å²) in [6.45, 7) is 6.44. The normalized spacial score (nSPS) is 12.6. The van der Waals surface area contributed by atoms with Crippen molar-refractivity contribution in [1.29, 1.82) is 0 Å². The summed E-state index contributed by atoms with van der Waals surface area (Å²) in [6, 6.07) is 14.5. The van der Waals surface area contributed by atoms with Crippen molar-refractivity contribution in [2.75, 3.05) is 26.9 Å². The Morgan fingerprint density at radius 1 is 1.00 bits per heavy atom. The Kier molecular flexibility index (Phi) is 8.72. The van der Waals surface area contributed by atoms with Crippen molar-refractivity contribution in [3.8, 4) is 5.75 Å². The summed E-state index contributed by atoms with van der Waals surface area (Å²) in [5, 5.41) is 10.4. The zero-order chi connectivity index (χ0) is 19.6. The van der Waals surface area contributed by atoms with Gasteiger partial charge in [-0.25, -0.2) is 4.39 Å². The molecule has 0 aromatic heterocycles. The van der Waals surface area contributed by atoms with Crippen molar-refractivity contribution in [2.45, 2.75) is 33.0 Å². The molecule has 0 bridgehead atoms. The van der Waals surface area contributed by atoms with Gasteiger partial charge in [-0.3, -0.25) is 4.90 Å². The first-order valence-electron chi connectivity index (χ1n) is 9.32. The van der Waals surface area contributed by atoms with Gasteiger partial charge in [0, 0.05) is 31.8 Å². The van der Waals surface area contributed by atoms with E-state index < -0.39 is 6.10 Å². The van der Waals surface area contributed by atoms with Crippen molar-refractivity contribution in [3.05, 3.63) is 65.5 Å². The molecule has 0 saturated carbocycles. The zero-order valence-corrected chi connectivity index (χ0v) is 16.4. The Bertz CT molecular complexity index is 676. The third-order valence-corrected chi connectivity index (χ3v) is 4.15. The minimum Gasteiger partial charge on any atom is -0.497 e. The van der Waals surface area contributed by atoms with Crippen LogP contribution in [0, 0.1) is 11.7 Å². The van der Waals surface area contributed by atoms with E-state index >= 15 is 0 Å². The van der Waals surface area contributed by atoms with E-state index in [0.717, 1.165) is 11.3 Å². The second-order valence-corrected chi connectivity index (χ2v) is 7.19. The van der Waals surface area contributed by atoms with Crippen LogP contribution in [0.25, 0.3) is 0 Å². The summed E-state index contributed by atoms with van der Waals surface area (Å²) in [6.07, 6.45) is -0.631. The monoisotopic (exact) mass is 375 g/mol. The highest BCUT2D eigenvalue weighted by molar-refractivity contribution is 5.27. The third kappa shape index (κ3) is 7.67. The van der Waals surface area contributed by atoms with Gasteiger partial charge in [-0.1, -0.05) is 44.2 Å². The third-order valence-electron chi connectivity index (χ3n) is 4.15. The molecule has 1 N–H and O–H groups in total. The zero-order valence-electron chi connectivity index (χ0n) is 16.4. The van der Waals surface area contributed by atoms with E-state index in [2.05, 4.69) is 13.8 Å². The second kappa shape index (κ2) is 11.0. The van der Waals surface area contributed by atoms with Gasteiger partial charge in [0.15, 0.2) is 0 Å². The van der Waals surface area contributed by atoms with Crippen LogP contribution in [0.15, 0.2) is 48.5 Å². The SMILES string of the molecule is COc1ccc(CN(Cc2ccccc2F)C[C@@H](O)COCC(C)C)cc1. The standard InChI is InChI=1S/C22H30FNO3/c1-17(2)15-27-16-20(25)14-24(13-19-6-4-5-7-22(19)23)12-18-8-10-21(26-3)11-9-18/h4-11,17,20,25H,12-16H2,1-3H3/t20-/m1/s1. The molecule has 0 spiro atoms. The quantitative estimate of drug-likeness (QED) is 0.647. The summed E-state index contributed by atoms with van der Waals surface area (Å²) in [7, 11) is 1.63. The Labute approximate surface area is 161 Å². The maximum atomic E-state index is 14.1. The molecule has 0 radical (unpaired) electrons. The van der Waals surface area contributed by atoms with Gasteiger partial charge in [-0.15, -0.1) is 0 Å². The first-order valence-corrected chi connectivity index (χ1v) is 9.32. The van der Waals surface area contributed by atoms with E-state index in [-0.39, 0.29) is 12.4 Å². The van der Waals surface area contributed by atoms with E-state index in [4.69, 9.17) is 9.47 Å². The molecule has 2 rings (SSSR count). The van der Waals surface area contributed by atoms with Gasteiger partial charge < -0.3 is 14.6 Å². The number of rotatable bonds is 11. The number of nitrogens with zero attached hydrogens (tertiary/aromatic N) is 1. The minimum absolute atomic E-state index is 0.234. The lowest BCUT2D eigenvalue weighted by Crippen LogP contribution is -2.34. The van der Waals surface area contributed by atoms with Crippen molar-refractivity contribution in [3.63, 3.8) is 0 Å². The molecule has 1 atom stereocenters. The molecule has 0 unspecified atom stereocenters. The predicted octanol–water partition coefficient (Wildman–Crippen LogP) is 3.87. The van der Waals surface area contributed by atoms with E-state index in [1.807, 2.05) is 35.2 Å². The van der Waals surface area contributed by atoms with Gasteiger partial charge >= 0.3 is 0 Å². The largest absolute Gasteiger partial charge is 0.497 e. The van der Waals surface area contributed by atoms with Crippen LogP contribution in [0.3, 0.4) is 0 Å². The molecular weight excluding hydrogens is 345 g/mol. The summed E-state index contributed by atoms with van der Waals surface area (Å²) >= 11 is 0. The molecule has 148 valence electrons. The van der Waals surface area contributed by atoms with Crippen LogP contribution in [0.4, 0.5) is 4.39 Å². The number of hydrogen-bond acceptors (Lipinski definition) is 4. The van der Waals surface area contributed by atoms with Gasteiger partial charge in [-0.2, -0.15) is 0 Å². The Hall–Kier alpha value is -1.95. The summed E-state index contributed by atoms with van der Waals surface area (Å²) in [4.78, 5) is 2.03. The lowest BCUT2D eigenvalue weighted by atomic mass is 10.1. The van der Waals surface area contributed by atoms with Gasteiger partial charge in [-0.05, 0) is 29.7 Å². The number of ether oxygens (including phenoxy) is 2. The topological polar surface area (TPSA) is 41.9 Å². The molecule has 0 saturated heterocycles. The maximum absolute atomic E-state index is 14.1. The van der Waals surface area contributed by atoms with E-state index in [1.54, 1.807) is 19.2 Å². The summed E-state index contributed by atoms with van der Waals surface area (Å²) < 4.78 is 24.8. The molecule has 4 nitrogen and oxygen atoms in total. The fraction of sp³-hybridized carbons (Fsp3) is 0.455. The fourth-order valence-corrected chi connectivity index (χ4v) is 2.83. The highest BCUT2D eigenvalue weighted by Crippen LogP contribution is 2.16. The fourth-order valence-electron chi connectivity index (χ4n) is 2.83. The molecular formula is C22H30FNO3. The molecule has 5 heteroatoms. The molecule has 0 amide bonds. The molecule has 0 aliphatic rings. The number of aliphatic hydroxyl groups is 1. The first kappa shape index (κ1) is 21.4. The van der Waals surface area contributed by atoms with Crippen molar-refractivity contribution in [2.24, 2.45) is 5.92 Å². The lowest BCUT2D eigenvalue weighted by Gasteiger charge is -2.26. The molecule has 27 heavy (non-hydrogen) atoms.